The molecule has 3 rings (SSSR count). The number of carbonyl (C=O) groups excluding carboxylic acids is 1. The van der Waals surface area contributed by atoms with E-state index in [9.17, 15) is 4.79 Å². The number of amides is 1. The van der Waals surface area contributed by atoms with Crippen LogP contribution >= 0.6 is 0 Å². The van der Waals surface area contributed by atoms with E-state index in [1.807, 2.05) is 34.1 Å². The minimum Gasteiger partial charge on any atom is -0.369 e. The van der Waals surface area contributed by atoms with E-state index in [0.29, 0.717) is 24.6 Å². The summed E-state index contributed by atoms with van der Waals surface area (Å²) in [6.45, 7) is 8.74. The fourth-order valence-electron chi connectivity index (χ4n) is 3.52. The first-order valence-corrected chi connectivity index (χ1v) is 8.78. The van der Waals surface area contributed by atoms with Gasteiger partial charge in [-0.1, -0.05) is 13.8 Å². The Labute approximate surface area is 148 Å². The standard InChI is InChI=1S/C18H27N5O2/c1-10(2)15-13(9-23(6)21-15)8-22(5)18(24)17-14-7-11(3)25-12(4)16(14)19-20-17/h9-12H,7-8H2,1-6H3,(H,19,20)/t11-,12+/m0/s1. The SMILES string of the molecule is CC(C)c1nn(C)cc1CN(C)C(=O)c1n[nH]c2c1C[C@H](C)O[C@@H]2C. The van der Waals surface area contributed by atoms with Crippen LogP contribution in [0.3, 0.4) is 0 Å². The van der Waals surface area contributed by atoms with E-state index in [1.54, 1.807) is 9.58 Å². The van der Waals surface area contributed by atoms with Crippen LogP contribution in [0.1, 0.15) is 72.7 Å². The summed E-state index contributed by atoms with van der Waals surface area (Å²) in [4.78, 5) is 14.7. The van der Waals surface area contributed by atoms with Gasteiger partial charge < -0.3 is 9.64 Å². The van der Waals surface area contributed by atoms with E-state index in [-0.39, 0.29) is 18.1 Å². The maximum Gasteiger partial charge on any atom is 0.274 e. The third kappa shape index (κ3) is 3.33. The molecule has 1 aliphatic heterocycles. The first kappa shape index (κ1) is 17.7. The van der Waals surface area contributed by atoms with Crippen LogP contribution in [0, 0.1) is 0 Å². The molecular weight excluding hydrogens is 318 g/mol. The molecule has 7 heteroatoms. The summed E-state index contributed by atoms with van der Waals surface area (Å²) in [5.41, 5.74) is 4.51. The van der Waals surface area contributed by atoms with Crippen LogP contribution in [0.5, 0.6) is 0 Å². The van der Waals surface area contributed by atoms with Crippen molar-refractivity contribution >= 4 is 5.91 Å². The van der Waals surface area contributed by atoms with Crippen molar-refractivity contribution in [3.05, 3.63) is 34.4 Å². The number of ether oxygens (including phenoxy) is 1. The fourth-order valence-corrected chi connectivity index (χ4v) is 3.52. The average molecular weight is 345 g/mol. The molecule has 3 heterocycles. The average Bonchev–Trinajstić information content (AvgIpc) is 3.10. The minimum atomic E-state index is -0.0719. The highest BCUT2D eigenvalue weighted by atomic mass is 16.5. The number of nitrogens with one attached hydrogen (secondary N) is 1. The lowest BCUT2D eigenvalue weighted by molar-refractivity contribution is -0.00701. The lowest BCUT2D eigenvalue weighted by Crippen LogP contribution is -2.29. The molecule has 0 unspecified atom stereocenters. The second-order valence-corrected chi connectivity index (χ2v) is 7.29. The smallest absolute Gasteiger partial charge is 0.274 e. The summed E-state index contributed by atoms with van der Waals surface area (Å²) in [6.07, 6.45) is 2.71. The van der Waals surface area contributed by atoms with Crippen LogP contribution in [0.4, 0.5) is 0 Å². The molecule has 1 aliphatic rings. The van der Waals surface area contributed by atoms with Gasteiger partial charge in [-0.05, 0) is 19.8 Å². The van der Waals surface area contributed by atoms with E-state index in [4.69, 9.17) is 4.74 Å². The monoisotopic (exact) mass is 345 g/mol. The molecule has 0 spiro atoms. The van der Waals surface area contributed by atoms with Crippen molar-refractivity contribution in [1.29, 1.82) is 0 Å². The van der Waals surface area contributed by atoms with E-state index in [2.05, 4.69) is 29.1 Å². The zero-order chi connectivity index (χ0) is 18.3. The van der Waals surface area contributed by atoms with E-state index in [1.165, 1.54) is 0 Å². The Kier molecular flexibility index (Phi) is 4.69. The van der Waals surface area contributed by atoms with Gasteiger partial charge in [-0.2, -0.15) is 10.2 Å². The van der Waals surface area contributed by atoms with E-state index in [0.717, 1.165) is 22.5 Å². The summed E-state index contributed by atoms with van der Waals surface area (Å²) in [6, 6.07) is 0. The van der Waals surface area contributed by atoms with Gasteiger partial charge in [-0.3, -0.25) is 14.6 Å². The summed E-state index contributed by atoms with van der Waals surface area (Å²) in [5.74, 6) is 0.244. The number of hydrogen-bond donors (Lipinski definition) is 1. The molecule has 2 aromatic rings. The largest absolute Gasteiger partial charge is 0.369 e. The van der Waals surface area contributed by atoms with Gasteiger partial charge in [0.25, 0.3) is 5.91 Å². The first-order valence-electron chi connectivity index (χ1n) is 8.78. The first-order chi connectivity index (χ1) is 11.8. The van der Waals surface area contributed by atoms with Gasteiger partial charge in [-0.15, -0.1) is 0 Å². The summed E-state index contributed by atoms with van der Waals surface area (Å²) in [7, 11) is 3.72. The maximum absolute atomic E-state index is 13.0. The maximum atomic E-state index is 13.0. The molecule has 0 fully saturated rings. The lowest BCUT2D eigenvalue weighted by atomic mass is 9.99. The van der Waals surface area contributed by atoms with Crippen molar-refractivity contribution in [2.24, 2.45) is 7.05 Å². The Morgan fingerprint density at radius 2 is 2.20 bits per heavy atom. The number of H-pyrrole nitrogens is 1. The Bertz CT molecular complexity index is 777. The number of hydrogen-bond acceptors (Lipinski definition) is 4. The predicted octanol–water partition coefficient (Wildman–Crippen LogP) is 2.56. The zero-order valence-corrected chi connectivity index (χ0v) is 15.8. The van der Waals surface area contributed by atoms with E-state index < -0.39 is 0 Å². The summed E-state index contributed by atoms with van der Waals surface area (Å²) in [5, 5.41) is 11.8. The van der Waals surface area contributed by atoms with Crippen LogP contribution in [-0.2, 0) is 24.8 Å². The van der Waals surface area contributed by atoms with Crippen LogP contribution in [0.15, 0.2) is 6.20 Å². The van der Waals surface area contributed by atoms with Gasteiger partial charge in [0, 0.05) is 44.4 Å². The van der Waals surface area contributed by atoms with Gasteiger partial charge in [0.15, 0.2) is 5.69 Å². The second kappa shape index (κ2) is 6.63. The van der Waals surface area contributed by atoms with Crippen molar-refractivity contribution in [3.63, 3.8) is 0 Å². The van der Waals surface area contributed by atoms with Crippen LogP contribution in [0.25, 0.3) is 0 Å². The number of aromatic amines is 1. The molecule has 25 heavy (non-hydrogen) atoms. The summed E-state index contributed by atoms with van der Waals surface area (Å²) < 4.78 is 7.61. The fraction of sp³-hybridized carbons (Fsp3) is 0.611. The van der Waals surface area contributed by atoms with Crippen LogP contribution in [-0.4, -0.2) is 43.9 Å². The highest BCUT2D eigenvalue weighted by Crippen LogP contribution is 2.30. The number of aryl methyl sites for hydroxylation is 1. The Hall–Kier alpha value is -2.15. The van der Waals surface area contributed by atoms with Gasteiger partial charge in [-0.25, -0.2) is 0 Å². The molecule has 0 radical (unpaired) electrons. The quantitative estimate of drug-likeness (QED) is 0.924. The van der Waals surface area contributed by atoms with Gasteiger partial charge in [0.05, 0.1) is 23.6 Å². The highest BCUT2D eigenvalue weighted by molar-refractivity contribution is 5.94. The molecule has 136 valence electrons. The molecule has 1 N–H and O–H groups in total. The highest BCUT2D eigenvalue weighted by Gasteiger charge is 2.31. The number of aromatic nitrogens is 4. The Morgan fingerprint density at radius 1 is 1.48 bits per heavy atom. The minimum absolute atomic E-state index is 0.0658. The van der Waals surface area contributed by atoms with Gasteiger partial charge in [0.2, 0.25) is 0 Å². The molecule has 2 atom stereocenters. The lowest BCUT2D eigenvalue weighted by Gasteiger charge is -2.25. The number of rotatable bonds is 4. The topological polar surface area (TPSA) is 76.0 Å². The third-order valence-electron chi connectivity index (χ3n) is 4.67. The van der Waals surface area contributed by atoms with Crippen molar-refractivity contribution in [2.45, 2.75) is 58.8 Å². The Balaban J connectivity index is 1.83. The molecule has 0 aromatic carbocycles. The Morgan fingerprint density at radius 3 is 2.88 bits per heavy atom. The van der Waals surface area contributed by atoms with Crippen molar-refractivity contribution < 1.29 is 9.53 Å². The van der Waals surface area contributed by atoms with Gasteiger partial charge in [0.1, 0.15) is 0 Å². The number of nitrogens with zero attached hydrogens (tertiary/aromatic N) is 4. The molecule has 0 saturated carbocycles. The number of fused-ring (bicyclic) bond motifs is 1. The van der Waals surface area contributed by atoms with Gasteiger partial charge >= 0.3 is 0 Å². The molecule has 0 saturated heterocycles. The van der Waals surface area contributed by atoms with Crippen LogP contribution < -0.4 is 0 Å². The normalized spacial score (nSPS) is 20.0. The molecule has 1 amide bonds. The molecular formula is C18H27N5O2. The predicted molar refractivity (Wildman–Crippen MR) is 94.3 cm³/mol. The van der Waals surface area contributed by atoms with Crippen molar-refractivity contribution in [3.8, 4) is 0 Å². The van der Waals surface area contributed by atoms with Crippen molar-refractivity contribution in [1.82, 2.24) is 24.9 Å². The van der Waals surface area contributed by atoms with E-state index >= 15 is 0 Å². The molecule has 0 bridgehead atoms. The molecule has 0 aliphatic carbocycles. The molecule has 2 aromatic heterocycles. The number of carbonyl (C=O) groups is 1. The third-order valence-corrected chi connectivity index (χ3v) is 4.67. The zero-order valence-electron chi connectivity index (χ0n) is 15.8. The second-order valence-electron chi connectivity index (χ2n) is 7.29. The summed E-state index contributed by atoms with van der Waals surface area (Å²) >= 11 is 0. The van der Waals surface area contributed by atoms with Crippen molar-refractivity contribution in [2.75, 3.05) is 7.05 Å². The van der Waals surface area contributed by atoms with Crippen LogP contribution in [0.2, 0.25) is 0 Å². The molecule has 7 nitrogen and oxygen atoms in total.